The van der Waals surface area contributed by atoms with E-state index in [0.29, 0.717) is 18.5 Å². The first kappa shape index (κ1) is 11.4. The minimum Gasteiger partial charge on any atom is -0.408 e. The van der Waals surface area contributed by atoms with Gasteiger partial charge in [-0.3, -0.25) is 4.40 Å². The van der Waals surface area contributed by atoms with E-state index in [0.717, 1.165) is 30.2 Å². The maximum absolute atomic E-state index is 5.61. The van der Waals surface area contributed by atoms with Gasteiger partial charge < -0.3 is 9.73 Å². The van der Waals surface area contributed by atoms with Gasteiger partial charge in [-0.25, -0.2) is 0 Å². The van der Waals surface area contributed by atoms with E-state index in [4.69, 9.17) is 4.42 Å². The molecule has 1 aliphatic carbocycles. The van der Waals surface area contributed by atoms with Crippen molar-refractivity contribution in [2.24, 2.45) is 0 Å². The van der Waals surface area contributed by atoms with Crippen LogP contribution in [0.15, 0.2) is 28.8 Å². The fourth-order valence-electron chi connectivity index (χ4n) is 2.29. The van der Waals surface area contributed by atoms with Crippen LogP contribution in [0.5, 0.6) is 0 Å². The summed E-state index contributed by atoms with van der Waals surface area (Å²) < 4.78 is 7.53. The quantitative estimate of drug-likeness (QED) is 0.780. The van der Waals surface area contributed by atoms with E-state index in [9.17, 15) is 0 Å². The summed E-state index contributed by atoms with van der Waals surface area (Å²) in [6, 6.07) is 6.24. The Morgan fingerprint density at radius 2 is 2.15 bits per heavy atom. The molecule has 0 radical (unpaired) electrons. The summed E-state index contributed by atoms with van der Waals surface area (Å²) in [7, 11) is 0. The van der Waals surface area contributed by atoms with Crippen LogP contribution >= 0.6 is 0 Å². The predicted molar refractivity (Wildman–Crippen MR) is 71.2 cm³/mol. The van der Waals surface area contributed by atoms with E-state index in [-0.39, 0.29) is 0 Å². The predicted octanol–water partition coefficient (Wildman–Crippen LogP) is 1.99. The summed E-state index contributed by atoms with van der Waals surface area (Å²) in [6.45, 7) is 0.498. The molecule has 4 rings (SSSR count). The number of hydrogen-bond acceptors (Lipinski definition) is 6. The molecule has 3 aromatic heterocycles. The third-order valence-electron chi connectivity index (χ3n) is 3.68. The molecule has 0 amide bonds. The topological polar surface area (TPSA) is 81.1 Å². The Morgan fingerprint density at radius 3 is 3.00 bits per heavy atom. The van der Waals surface area contributed by atoms with Gasteiger partial charge >= 0.3 is 6.01 Å². The Morgan fingerprint density at radius 1 is 1.20 bits per heavy atom. The van der Waals surface area contributed by atoms with Gasteiger partial charge in [-0.05, 0) is 25.0 Å². The number of anilines is 1. The molecule has 0 spiro atoms. The highest BCUT2D eigenvalue weighted by Crippen LogP contribution is 2.35. The van der Waals surface area contributed by atoms with Crippen molar-refractivity contribution in [1.29, 1.82) is 0 Å². The summed E-state index contributed by atoms with van der Waals surface area (Å²) in [5.41, 5.74) is 0.824. The first-order valence-electron chi connectivity index (χ1n) is 6.76. The second kappa shape index (κ2) is 4.59. The van der Waals surface area contributed by atoms with Gasteiger partial charge in [0, 0.05) is 12.1 Å². The van der Waals surface area contributed by atoms with Gasteiger partial charge in [0.25, 0.3) is 0 Å². The molecule has 1 aliphatic rings. The Kier molecular flexibility index (Phi) is 2.61. The normalized spacial score (nSPS) is 15.4. The molecular weight excluding hydrogens is 256 g/mol. The molecule has 7 nitrogen and oxygen atoms in total. The van der Waals surface area contributed by atoms with Gasteiger partial charge in [-0.1, -0.05) is 17.6 Å². The van der Waals surface area contributed by atoms with E-state index in [1.165, 1.54) is 6.42 Å². The Bertz CT molecular complexity index is 729. The van der Waals surface area contributed by atoms with Crippen LogP contribution in [0.25, 0.3) is 5.65 Å². The van der Waals surface area contributed by atoms with Gasteiger partial charge in [0.1, 0.15) is 0 Å². The summed E-state index contributed by atoms with van der Waals surface area (Å²) in [5.74, 6) is 2.00. The number of rotatable bonds is 4. The van der Waals surface area contributed by atoms with Crippen LogP contribution in [-0.2, 0) is 6.54 Å². The molecule has 0 saturated heterocycles. The van der Waals surface area contributed by atoms with Crippen molar-refractivity contribution < 1.29 is 4.42 Å². The van der Waals surface area contributed by atoms with Crippen LogP contribution in [-0.4, -0.2) is 24.8 Å². The molecule has 1 fully saturated rings. The SMILES string of the molecule is c1ccn2c(CNc3nnc(C4CCC4)o3)nnc2c1. The van der Waals surface area contributed by atoms with Crippen LogP contribution in [0.4, 0.5) is 6.01 Å². The molecule has 3 aromatic rings. The van der Waals surface area contributed by atoms with Crippen LogP contribution in [0.3, 0.4) is 0 Å². The largest absolute Gasteiger partial charge is 0.408 e. The summed E-state index contributed by atoms with van der Waals surface area (Å²) in [4.78, 5) is 0. The van der Waals surface area contributed by atoms with Crippen molar-refractivity contribution in [3.63, 3.8) is 0 Å². The zero-order valence-corrected chi connectivity index (χ0v) is 10.9. The zero-order chi connectivity index (χ0) is 13.4. The Balaban J connectivity index is 1.48. The molecule has 0 aliphatic heterocycles. The van der Waals surface area contributed by atoms with Crippen molar-refractivity contribution in [2.75, 3.05) is 5.32 Å². The fraction of sp³-hybridized carbons (Fsp3) is 0.385. The molecule has 20 heavy (non-hydrogen) atoms. The number of nitrogens with zero attached hydrogens (tertiary/aromatic N) is 5. The maximum atomic E-state index is 5.61. The summed E-state index contributed by atoms with van der Waals surface area (Å²) in [6.07, 6.45) is 5.48. The number of nitrogens with one attached hydrogen (secondary N) is 1. The smallest absolute Gasteiger partial charge is 0.315 e. The lowest BCUT2D eigenvalue weighted by Gasteiger charge is -2.20. The van der Waals surface area contributed by atoms with Crippen molar-refractivity contribution in [3.8, 4) is 0 Å². The Hall–Kier alpha value is -2.44. The summed E-state index contributed by atoms with van der Waals surface area (Å²) >= 11 is 0. The second-order valence-electron chi connectivity index (χ2n) is 4.97. The van der Waals surface area contributed by atoms with Crippen molar-refractivity contribution in [3.05, 3.63) is 36.1 Å². The van der Waals surface area contributed by atoms with Crippen LogP contribution in [0, 0.1) is 0 Å². The molecule has 102 valence electrons. The van der Waals surface area contributed by atoms with Gasteiger partial charge in [0.2, 0.25) is 5.89 Å². The molecular formula is C13H14N6O. The molecule has 1 N–H and O–H groups in total. The zero-order valence-electron chi connectivity index (χ0n) is 10.9. The van der Waals surface area contributed by atoms with Crippen LogP contribution < -0.4 is 5.32 Å². The summed E-state index contributed by atoms with van der Waals surface area (Å²) in [5, 5.41) is 19.4. The number of pyridine rings is 1. The lowest BCUT2D eigenvalue weighted by molar-refractivity contribution is 0.338. The third kappa shape index (κ3) is 1.91. The van der Waals surface area contributed by atoms with E-state index in [1.54, 1.807) is 0 Å². The van der Waals surface area contributed by atoms with Crippen molar-refractivity contribution >= 4 is 11.7 Å². The van der Waals surface area contributed by atoms with Crippen molar-refractivity contribution in [2.45, 2.75) is 31.7 Å². The minimum atomic E-state index is 0.444. The third-order valence-corrected chi connectivity index (χ3v) is 3.68. The van der Waals surface area contributed by atoms with E-state index < -0.39 is 0 Å². The van der Waals surface area contributed by atoms with Gasteiger partial charge in [0.15, 0.2) is 11.5 Å². The lowest BCUT2D eigenvalue weighted by Crippen LogP contribution is -2.08. The molecule has 0 unspecified atom stereocenters. The van der Waals surface area contributed by atoms with E-state index >= 15 is 0 Å². The monoisotopic (exact) mass is 270 g/mol. The molecule has 1 saturated carbocycles. The molecule has 3 heterocycles. The van der Waals surface area contributed by atoms with Crippen LogP contribution in [0.2, 0.25) is 0 Å². The highest BCUT2D eigenvalue weighted by molar-refractivity contribution is 5.37. The lowest BCUT2D eigenvalue weighted by atomic mass is 9.85. The first-order valence-corrected chi connectivity index (χ1v) is 6.76. The number of aromatic nitrogens is 5. The highest BCUT2D eigenvalue weighted by Gasteiger charge is 2.25. The molecule has 0 atom stereocenters. The minimum absolute atomic E-state index is 0.444. The average Bonchev–Trinajstić information content (AvgIpc) is 3.01. The molecule has 0 bridgehead atoms. The number of hydrogen-bond donors (Lipinski definition) is 1. The first-order chi connectivity index (χ1) is 9.90. The standard InChI is InChI=1S/C13H14N6O/c1-2-7-19-10(6-1)15-16-11(19)8-14-13-18-17-12(20-13)9-4-3-5-9/h1-2,6-7,9H,3-5,8H2,(H,14,18). The van der Waals surface area contributed by atoms with Gasteiger partial charge in [-0.2, -0.15) is 0 Å². The van der Waals surface area contributed by atoms with Crippen LogP contribution in [0.1, 0.15) is 36.9 Å². The highest BCUT2D eigenvalue weighted by atomic mass is 16.4. The van der Waals surface area contributed by atoms with E-state index in [2.05, 4.69) is 25.7 Å². The number of fused-ring (bicyclic) bond motifs is 1. The molecule has 0 aromatic carbocycles. The average molecular weight is 270 g/mol. The second-order valence-corrected chi connectivity index (χ2v) is 4.97. The van der Waals surface area contributed by atoms with E-state index in [1.807, 2.05) is 28.8 Å². The Labute approximate surface area is 115 Å². The van der Waals surface area contributed by atoms with Crippen molar-refractivity contribution in [1.82, 2.24) is 24.8 Å². The van der Waals surface area contributed by atoms with Gasteiger partial charge in [0.05, 0.1) is 6.54 Å². The maximum Gasteiger partial charge on any atom is 0.315 e. The fourth-order valence-corrected chi connectivity index (χ4v) is 2.29. The molecule has 7 heteroatoms. The van der Waals surface area contributed by atoms with Gasteiger partial charge in [-0.15, -0.1) is 15.3 Å².